The number of imidazole rings is 1. The molecule has 0 aliphatic heterocycles. The third-order valence-corrected chi connectivity index (χ3v) is 6.16. The van der Waals surface area contributed by atoms with Gasteiger partial charge in [-0.25, -0.2) is 9.50 Å². The van der Waals surface area contributed by atoms with Crippen LogP contribution in [0.15, 0.2) is 67.0 Å². The molecule has 0 spiro atoms. The summed E-state index contributed by atoms with van der Waals surface area (Å²) in [6.45, 7) is 0.539. The molecule has 164 valence electrons. The molecule has 7 heteroatoms. The first kappa shape index (κ1) is 20.3. The van der Waals surface area contributed by atoms with E-state index in [9.17, 15) is 0 Å². The summed E-state index contributed by atoms with van der Waals surface area (Å²) in [5.41, 5.74) is 17.4. The van der Waals surface area contributed by atoms with Crippen molar-refractivity contribution in [2.75, 3.05) is 11.1 Å². The van der Waals surface area contributed by atoms with Crippen LogP contribution in [-0.2, 0) is 6.61 Å². The average Bonchev–Trinajstić information content (AvgIpc) is 3.29. The van der Waals surface area contributed by atoms with Crippen LogP contribution in [0.5, 0.6) is 5.75 Å². The molecule has 4 aromatic rings. The Bertz CT molecular complexity index is 1180. The number of fused-ring (bicyclic) bond motifs is 1. The van der Waals surface area contributed by atoms with E-state index in [1.807, 2.05) is 48.7 Å². The topological polar surface area (TPSA) is 103 Å². The van der Waals surface area contributed by atoms with Gasteiger partial charge in [0.25, 0.3) is 0 Å². The van der Waals surface area contributed by atoms with Crippen molar-refractivity contribution in [1.29, 1.82) is 0 Å². The summed E-state index contributed by atoms with van der Waals surface area (Å²) < 4.78 is 7.65. The summed E-state index contributed by atoms with van der Waals surface area (Å²) >= 11 is 0. The Balaban J connectivity index is 1.39. The maximum atomic E-state index is 6.43. The van der Waals surface area contributed by atoms with Crippen LogP contribution in [0, 0.1) is 0 Å². The zero-order valence-corrected chi connectivity index (χ0v) is 17.9. The molecule has 1 saturated carbocycles. The van der Waals surface area contributed by atoms with E-state index in [0.29, 0.717) is 18.3 Å². The Morgan fingerprint density at radius 1 is 1.00 bits per heavy atom. The number of nitrogens with two attached hydrogens (primary N) is 2. The summed E-state index contributed by atoms with van der Waals surface area (Å²) in [5, 5.41) is 8.10. The Morgan fingerprint density at radius 2 is 1.75 bits per heavy atom. The van der Waals surface area contributed by atoms with E-state index in [2.05, 4.69) is 27.5 Å². The van der Waals surface area contributed by atoms with E-state index in [1.165, 1.54) is 0 Å². The third-order valence-electron chi connectivity index (χ3n) is 6.16. The van der Waals surface area contributed by atoms with Crippen molar-refractivity contribution in [2.45, 2.75) is 44.2 Å². The highest BCUT2D eigenvalue weighted by Gasteiger charge is 2.27. The van der Waals surface area contributed by atoms with Gasteiger partial charge in [0.1, 0.15) is 18.2 Å². The van der Waals surface area contributed by atoms with Crippen LogP contribution in [0.25, 0.3) is 5.65 Å². The molecule has 1 aliphatic carbocycles. The number of hydrogen-bond acceptors (Lipinski definition) is 6. The molecule has 0 amide bonds. The number of aromatic nitrogens is 3. The minimum Gasteiger partial charge on any atom is -0.489 e. The van der Waals surface area contributed by atoms with Crippen molar-refractivity contribution in [3.63, 3.8) is 0 Å². The molecule has 0 unspecified atom stereocenters. The quantitative estimate of drug-likeness (QED) is 0.414. The van der Waals surface area contributed by atoms with Crippen molar-refractivity contribution < 1.29 is 4.74 Å². The molecule has 2 heterocycles. The van der Waals surface area contributed by atoms with E-state index in [1.54, 1.807) is 10.7 Å². The van der Waals surface area contributed by atoms with Gasteiger partial charge in [0.2, 0.25) is 0 Å². The lowest BCUT2D eigenvalue weighted by Crippen LogP contribution is -2.26. The van der Waals surface area contributed by atoms with Crippen LogP contribution in [0.1, 0.15) is 42.7 Å². The first-order valence-corrected chi connectivity index (χ1v) is 11.1. The number of ether oxygens (including phenoxy) is 1. The lowest BCUT2D eigenvalue weighted by atomic mass is 9.81. The number of nitrogens with one attached hydrogen (secondary N) is 1. The second-order valence-electron chi connectivity index (χ2n) is 8.40. The smallest absolute Gasteiger partial charge is 0.177 e. The normalized spacial score (nSPS) is 18.5. The van der Waals surface area contributed by atoms with Crippen LogP contribution >= 0.6 is 0 Å². The molecule has 1 fully saturated rings. The van der Waals surface area contributed by atoms with Gasteiger partial charge in [-0.3, -0.25) is 0 Å². The molecular weight excluding hydrogens is 400 g/mol. The molecule has 2 aromatic heterocycles. The summed E-state index contributed by atoms with van der Waals surface area (Å²) in [4.78, 5) is 4.54. The largest absolute Gasteiger partial charge is 0.489 e. The second kappa shape index (κ2) is 8.88. The van der Waals surface area contributed by atoms with Gasteiger partial charge < -0.3 is 21.5 Å². The molecule has 32 heavy (non-hydrogen) atoms. The lowest BCUT2D eigenvalue weighted by Gasteiger charge is -2.28. The maximum Gasteiger partial charge on any atom is 0.177 e. The summed E-state index contributed by atoms with van der Waals surface area (Å²) in [7, 11) is 0. The molecule has 2 aromatic carbocycles. The Labute approximate surface area is 187 Å². The molecule has 0 atom stereocenters. The molecular formula is C25H28N6O. The highest BCUT2D eigenvalue weighted by molar-refractivity contribution is 5.80. The Kier molecular flexibility index (Phi) is 5.64. The van der Waals surface area contributed by atoms with Gasteiger partial charge in [0, 0.05) is 29.7 Å². The number of nitrogen functional groups attached to an aromatic ring is 1. The molecule has 5 rings (SSSR count). The molecule has 1 aliphatic rings. The van der Waals surface area contributed by atoms with E-state index in [4.69, 9.17) is 16.2 Å². The first-order valence-electron chi connectivity index (χ1n) is 11.1. The highest BCUT2D eigenvalue weighted by atomic mass is 16.5. The van der Waals surface area contributed by atoms with Gasteiger partial charge in [0.05, 0.1) is 5.69 Å². The predicted molar refractivity (Wildman–Crippen MR) is 127 cm³/mol. The predicted octanol–water partition coefficient (Wildman–Crippen LogP) is 4.62. The number of rotatable bonds is 6. The highest BCUT2D eigenvalue weighted by Crippen LogP contribution is 2.41. The zero-order chi connectivity index (χ0) is 21.9. The van der Waals surface area contributed by atoms with E-state index < -0.39 is 0 Å². The number of hydrogen-bond donors (Lipinski definition) is 3. The van der Waals surface area contributed by atoms with Crippen molar-refractivity contribution in [1.82, 2.24) is 14.6 Å². The van der Waals surface area contributed by atoms with Crippen LogP contribution in [0.2, 0.25) is 0 Å². The molecule has 0 radical (unpaired) electrons. The summed E-state index contributed by atoms with van der Waals surface area (Å²) in [6, 6.07) is 18.4. The fourth-order valence-electron chi connectivity index (χ4n) is 4.44. The number of anilines is 3. The van der Waals surface area contributed by atoms with Crippen LogP contribution in [-0.4, -0.2) is 20.6 Å². The third kappa shape index (κ3) is 4.24. The fourth-order valence-corrected chi connectivity index (χ4v) is 4.44. The molecule has 0 bridgehead atoms. The van der Waals surface area contributed by atoms with Crippen molar-refractivity contribution in [3.8, 4) is 5.75 Å². The van der Waals surface area contributed by atoms with Gasteiger partial charge in [-0.1, -0.05) is 30.3 Å². The fraction of sp³-hybridized carbons (Fsp3) is 0.280. The standard InChI is InChI=1S/C25H28N6O/c26-19-8-6-18(7-9-19)22-23(25-28-14-15-31(25)30-24(22)27)29-20-10-12-21(13-11-20)32-16-17-4-2-1-3-5-17/h1-5,10-15,18-19,29H,6-9,16,26H2,(H2,27,30). The van der Waals surface area contributed by atoms with Gasteiger partial charge in [0.15, 0.2) is 5.65 Å². The summed E-state index contributed by atoms with van der Waals surface area (Å²) in [6.07, 6.45) is 7.56. The van der Waals surface area contributed by atoms with Crippen molar-refractivity contribution in [2.24, 2.45) is 5.73 Å². The van der Waals surface area contributed by atoms with Crippen molar-refractivity contribution >= 4 is 22.8 Å². The van der Waals surface area contributed by atoms with Crippen LogP contribution in [0.3, 0.4) is 0 Å². The second-order valence-corrected chi connectivity index (χ2v) is 8.40. The van der Waals surface area contributed by atoms with Crippen LogP contribution < -0.4 is 21.5 Å². The van der Waals surface area contributed by atoms with Gasteiger partial charge in [-0.05, 0) is 61.4 Å². The zero-order valence-electron chi connectivity index (χ0n) is 17.9. The summed E-state index contributed by atoms with van der Waals surface area (Å²) in [5.74, 6) is 1.68. The first-order chi connectivity index (χ1) is 15.7. The maximum absolute atomic E-state index is 6.43. The Hall–Kier alpha value is -3.58. The minimum absolute atomic E-state index is 0.274. The average molecular weight is 429 g/mol. The molecule has 7 nitrogen and oxygen atoms in total. The molecule has 5 N–H and O–H groups in total. The van der Waals surface area contributed by atoms with E-state index >= 15 is 0 Å². The number of nitrogens with zero attached hydrogens (tertiary/aromatic N) is 3. The van der Waals surface area contributed by atoms with Gasteiger partial charge >= 0.3 is 0 Å². The van der Waals surface area contributed by atoms with Crippen molar-refractivity contribution in [3.05, 3.63) is 78.1 Å². The minimum atomic E-state index is 0.274. The number of benzene rings is 2. The van der Waals surface area contributed by atoms with E-state index in [-0.39, 0.29) is 6.04 Å². The van der Waals surface area contributed by atoms with Crippen LogP contribution in [0.4, 0.5) is 17.2 Å². The molecule has 0 saturated heterocycles. The van der Waals surface area contributed by atoms with E-state index in [0.717, 1.165) is 59.6 Å². The Morgan fingerprint density at radius 3 is 2.50 bits per heavy atom. The monoisotopic (exact) mass is 428 g/mol. The van der Waals surface area contributed by atoms with Gasteiger partial charge in [-0.15, -0.1) is 5.10 Å². The lowest BCUT2D eigenvalue weighted by molar-refractivity contribution is 0.306. The SMILES string of the molecule is Nc1nn2ccnc2c(Nc2ccc(OCc3ccccc3)cc2)c1C1CCC(N)CC1. The van der Waals surface area contributed by atoms with Gasteiger partial charge in [-0.2, -0.15) is 0 Å².